The summed E-state index contributed by atoms with van der Waals surface area (Å²) in [4.78, 5) is 30.2. The van der Waals surface area contributed by atoms with Gasteiger partial charge in [0.2, 0.25) is 5.91 Å². The molecule has 37 heavy (non-hydrogen) atoms. The van der Waals surface area contributed by atoms with Gasteiger partial charge in [0, 0.05) is 41.8 Å². The van der Waals surface area contributed by atoms with Gasteiger partial charge in [-0.1, -0.05) is 48.5 Å². The number of piperazine rings is 1. The van der Waals surface area contributed by atoms with Crippen LogP contribution in [0.25, 0.3) is 32.9 Å². The van der Waals surface area contributed by atoms with E-state index >= 15 is 0 Å². The largest absolute Gasteiger partial charge is 0.464 e. The lowest BCUT2D eigenvalue weighted by molar-refractivity contribution is -0.128. The van der Waals surface area contributed by atoms with E-state index in [0.717, 1.165) is 21.9 Å². The fraction of sp³-hybridized carbons (Fsp3) is 0.250. The normalized spacial score (nSPS) is 15.5. The molecule has 0 aliphatic carbocycles. The van der Waals surface area contributed by atoms with Crippen LogP contribution in [0.15, 0.2) is 61.3 Å². The van der Waals surface area contributed by atoms with Crippen LogP contribution >= 0.6 is 11.6 Å². The zero-order chi connectivity index (χ0) is 25.9. The molecule has 1 aliphatic heterocycles. The minimum Gasteiger partial charge on any atom is -0.464 e. The van der Waals surface area contributed by atoms with Gasteiger partial charge in [-0.25, -0.2) is 0 Å². The molecule has 3 heterocycles. The van der Waals surface area contributed by atoms with E-state index in [1.807, 2.05) is 54.3 Å². The number of carbonyl (C=O) groups is 1. The van der Waals surface area contributed by atoms with Crippen molar-refractivity contribution in [1.29, 1.82) is 5.26 Å². The van der Waals surface area contributed by atoms with E-state index < -0.39 is 0 Å². The van der Waals surface area contributed by atoms with E-state index in [1.54, 1.807) is 11.1 Å². The summed E-state index contributed by atoms with van der Waals surface area (Å²) in [5.74, 6) is 0.434. The number of fused-ring (bicyclic) bond motifs is 2. The second kappa shape index (κ2) is 10.4. The van der Waals surface area contributed by atoms with Crippen molar-refractivity contribution in [3.63, 3.8) is 0 Å². The molecular weight excluding hydrogens is 488 g/mol. The van der Waals surface area contributed by atoms with E-state index in [1.165, 1.54) is 6.08 Å². The number of halogens is 1. The summed E-state index contributed by atoms with van der Waals surface area (Å²) < 4.78 is 5.70. The predicted molar refractivity (Wildman–Crippen MR) is 145 cm³/mol. The van der Waals surface area contributed by atoms with Crippen molar-refractivity contribution >= 4 is 45.1 Å². The maximum absolute atomic E-state index is 12.3. The zero-order valence-corrected chi connectivity index (χ0v) is 21.1. The quantitative estimate of drug-likeness (QED) is 0.335. The van der Waals surface area contributed by atoms with Crippen molar-refractivity contribution in [1.82, 2.24) is 19.9 Å². The van der Waals surface area contributed by atoms with Crippen LogP contribution in [0.3, 0.4) is 0 Å². The Labute approximate surface area is 219 Å². The first-order valence-corrected chi connectivity index (χ1v) is 12.4. The monoisotopic (exact) mass is 512 g/mol. The Hall–Kier alpha value is -4.22. The molecule has 186 valence electrons. The molecule has 0 radical (unpaired) electrons. The smallest absolute Gasteiger partial charge is 0.319 e. The number of rotatable bonds is 6. The molecule has 1 amide bonds. The van der Waals surface area contributed by atoms with Gasteiger partial charge in [-0.3, -0.25) is 9.78 Å². The number of aromatic nitrogens is 3. The summed E-state index contributed by atoms with van der Waals surface area (Å²) in [6, 6.07) is 16.0. The standard InChI is InChI=1S/C28H25ClN6O2/c1-3-24(36)35-14-13-34(17-20(35)11-12-30)27-26-23(32-28(33-27)37-4-2)15-19(16-31-26)21-9-5-7-18-8-6-10-22(29)25(18)21/h3,5-10,15-16,20H,1,4,11,13-14,17H2,2H3. The number of pyridine rings is 1. The van der Waals surface area contributed by atoms with Gasteiger partial charge >= 0.3 is 6.01 Å². The molecular formula is C28H25ClN6O2. The fourth-order valence-corrected chi connectivity index (χ4v) is 5.10. The summed E-state index contributed by atoms with van der Waals surface area (Å²) in [7, 11) is 0. The highest BCUT2D eigenvalue weighted by atomic mass is 35.5. The third-order valence-electron chi connectivity index (χ3n) is 6.50. The molecule has 2 aromatic heterocycles. The summed E-state index contributed by atoms with van der Waals surface area (Å²) >= 11 is 6.58. The maximum Gasteiger partial charge on any atom is 0.319 e. The number of ether oxygens (including phenoxy) is 1. The molecule has 0 spiro atoms. The molecule has 1 atom stereocenters. The van der Waals surface area contributed by atoms with Gasteiger partial charge in [-0.05, 0) is 36.1 Å². The Morgan fingerprint density at radius 1 is 1.27 bits per heavy atom. The van der Waals surface area contributed by atoms with Crippen LogP contribution in [-0.4, -0.2) is 58.0 Å². The molecule has 0 saturated carbocycles. The first-order chi connectivity index (χ1) is 18.0. The average molecular weight is 513 g/mol. The zero-order valence-electron chi connectivity index (χ0n) is 20.4. The lowest BCUT2D eigenvalue weighted by Crippen LogP contribution is -2.55. The molecule has 9 heteroatoms. The molecule has 0 bridgehead atoms. The van der Waals surface area contributed by atoms with E-state index in [2.05, 4.69) is 22.6 Å². The van der Waals surface area contributed by atoms with E-state index in [-0.39, 0.29) is 24.4 Å². The number of hydrogen-bond acceptors (Lipinski definition) is 7. The number of amides is 1. The molecule has 1 unspecified atom stereocenters. The number of benzene rings is 2. The lowest BCUT2D eigenvalue weighted by atomic mass is 9.99. The summed E-state index contributed by atoms with van der Waals surface area (Å²) in [6.45, 7) is 7.30. The lowest BCUT2D eigenvalue weighted by Gasteiger charge is -2.40. The Kier molecular flexibility index (Phi) is 6.89. The van der Waals surface area contributed by atoms with Crippen molar-refractivity contribution < 1.29 is 9.53 Å². The SMILES string of the molecule is C=CC(=O)N1CCN(c2nc(OCC)nc3cc(-c4cccc5cccc(Cl)c45)cnc23)CC1CC#N. The first-order valence-electron chi connectivity index (χ1n) is 12.1. The molecule has 2 aromatic carbocycles. The third kappa shape index (κ3) is 4.66. The second-order valence-corrected chi connectivity index (χ2v) is 9.10. The van der Waals surface area contributed by atoms with Crippen molar-refractivity contribution in [2.24, 2.45) is 0 Å². The highest BCUT2D eigenvalue weighted by Gasteiger charge is 2.31. The van der Waals surface area contributed by atoms with Crippen LogP contribution in [0.2, 0.25) is 5.02 Å². The van der Waals surface area contributed by atoms with Gasteiger partial charge < -0.3 is 14.5 Å². The number of hydrogen-bond donors (Lipinski definition) is 0. The van der Waals surface area contributed by atoms with Gasteiger partial charge in [-0.2, -0.15) is 15.2 Å². The van der Waals surface area contributed by atoms with Crippen molar-refractivity contribution in [2.45, 2.75) is 19.4 Å². The predicted octanol–water partition coefficient (Wildman–Crippen LogP) is 5.01. The van der Waals surface area contributed by atoms with E-state index in [4.69, 9.17) is 21.3 Å². The van der Waals surface area contributed by atoms with E-state index in [0.29, 0.717) is 48.1 Å². The summed E-state index contributed by atoms with van der Waals surface area (Å²) in [5, 5.41) is 12.0. The van der Waals surface area contributed by atoms with Crippen LogP contribution < -0.4 is 9.64 Å². The molecule has 1 saturated heterocycles. The molecule has 1 fully saturated rings. The van der Waals surface area contributed by atoms with Crippen LogP contribution in [-0.2, 0) is 4.79 Å². The highest BCUT2D eigenvalue weighted by Crippen LogP contribution is 2.36. The highest BCUT2D eigenvalue weighted by molar-refractivity contribution is 6.36. The maximum atomic E-state index is 12.3. The summed E-state index contributed by atoms with van der Waals surface area (Å²) in [6.07, 6.45) is 3.30. The Bertz CT molecular complexity index is 1540. The summed E-state index contributed by atoms with van der Waals surface area (Å²) in [5.41, 5.74) is 3.09. The average Bonchev–Trinajstić information content (AvgIpc) is 2.92. The fourth-order valence-electron chi connectivity index (χ4n) is 4.81. The number of nitriles is 1. The van der Waals surface area contributed by atoms with Gasteiger partial charge in [0.25, 0.3) is 0 Å². The van der Waals surface area contributed by atoms with Gasteiger partial charge in [0.15, 0.2) is 5.82 Å². The third-order valence-corrected chi connectivity index (χ3v) is 6.82. The number of nitrogens with zero attached hydrogens (tertiary/aromatic N) is 6. The van der Waals surface area contributed by atoms with Gasteiger partial charge in [0.05, 0.1) is 30.7 Å². The number of carbonyl (C=O) groups excluding carboxylic acids is 1. The Morgan fingerprint density at radius 3 is 2.84 bits per heavy atom. The second-order valence-electron chi connectivity index (χ2n) is 8.70. The number of anilines is 1. The van der Waals surface area contributed by atoms with Crippen molar-refractivity contribution in [3.05, 3.63) is 66.3 Å². The molecule has 4 aromatic rings. The molecule has 1 aliphatic rings. The molecule has 5 rings (SSSR count). The van der Waals surface area contributed by atoms with Gasteiger partial charge in [-0.15, -0.1) is 0 Å². The van der Waals surface area contributed by atoms with E-state index in [9.17, 15) is 10.1 Å². The van der Waals surface area contributed by atoms with Crippen LogP contribution in [0.5, 0.6) is 6.01 Å². The van der Waals surface area contributed by atoms with Crippen LogP contribution in [0.4, 0.5) is 5.82 Å². The van der Waals surface area contributed by atoms with Crippen molar-refractivity contribution in [2.75, 3.05) is 31.1 Å². The van der Waals surface area contributed by atoms with Gasteiger partial charge in [0.1, 0.15) is 5.52 Å². The van der Waals surface area contributed by atoms with Crippen LogP contribution in [0, 0.1) is 11.3 Å². The minimum absolute atomic E-state index is 0.182. The molecule has 8 nitrogen and oxygen atoms in total. The topological polar surface area (TPSA) is 95.2 Å². The Morgan fingerprint density at radius 2 is 2.08 bits per heavy atom. The van der Waals surface area contributed by atoms with Crippen LogP contribution in [0.1, 0.15) is 13.3 Å². The van der Waals surface area contributed by atoms with Crippen molar-refractivity contribution in [3.8, 4) is 23.2 Å². The first kappa shape index (κ1) is 24.5. The Balaban J connectivity index is 1.60. The molecule has 0 N–H and O–H groups in total. The minimum atomic E-state index is -0.290.